The van der Waals surface area contributed by atoms with Crippen LogP contribution in [0, 0.1) is 0 Å². The summed E-state index contributed by atoms with van der Waals surface area (Å²) in [5.74, 6) is -0.891. The van der Waals surface area contributed by atoms with Crippen molar-refractivity contribution in [3.05, 3.63) is 23.4 Å². The Hall–Kier alpha value is -1.07. The van der Waals surface area contributed by atoms with Crippen LogP contribution < -0.4 is 0 Å². The maximum absolute atomic E-state index is 11.1. The Morgan fingerprint density at radius 2 is 2.37 bits per heavy atom. The largest absolute Gasteiger partial charge is 0.478 e. The van der Waals surface area contributed by atoms with Crippen LogP contribution in [0.2, 0.25) is 0 Å². The highest BCUT2D eigenvalue weighted by Crippen LogP contribution is 2.32. The first-order chi connectivity index (χ1) is 9.10. The summed E-state index contributed by atoms with van der Waals surface area (Å²) in [6.07, 6.45) is 2.97. The van der Waals surface area contributed by atoms with Crippen LogP contribution in [-0.4, -0.2) is 34.0 Å². The van der Waals surface area contributed by atoms with Crippen molar-refractivity contribution < 1.29 is 14.6 Å². The molecule has 2 unspecified atom stereocenters. The van der Waals surface area contributed by atoms with Crippen molar-refractivity contribution in [2.75, 3.05) is 6.61 Å². The number of hydrogen-bond acceptors (Lipinski definition) is 4. The summed E-state index contributed by atoms with van der Waals surface area (Å²) in [7, 11) is 0. The Bertz CT molecular complexity index is 464. The van der Waals surface area contributed by atoms with Gasteiger partial charge in [-0.25, -0.2) is 9.78 Å². The van der Waals surface area contributed by atoms with E-state index < -0.39 is 5.97 Å². The summed E-state index contributed by atoms with van der Waals surface area (Å²) in [6.45, 7) is 4.90. The number of rotatable bonds is 5. The molecule has 104 valence electrons. The van der Waals surface area contributed by atoms with Gasteiger partial charge in [-0.1, -0.05) is 13.3 Å². The minimum absolute atomic E-state index is 0.204. The van der Waals surface area contributed by atoms with E-state index in [9.17, 15) is 4.79 Å². The standard InChI is InChI=1S/C14H19NO3S/c1-3-4-11-7-10(14(16)17)8-13(15-11)19-12-5-6-18-9(12)2/h7-9,12H,3-6H2,1-2H3,(H,16,17). The molecule has 2 rings (SSSR count). The van der Waals surface area contributed by atoms with E-state index in [-0.39, 0.29) is 6.10 Å². The highest BCUT2D eigenvalue weighted by atomic mass is 32.2. The van der Waals surface area contributed by atoms with Crippen molar-refractivity contribution in [3.8, 4) is 0 Å². The smallest absolute Gasteiger partial charge is 0.335 e. The van der Waals surface area contributed by atoms with Gasteiger partial charge in [0.05, 0.1) is 16.7 Å². The van der Waals surface area contributed by atoms with Crippen molar-refractivity contribution in [1.29, 1.82) is 0 Å². The van der Waals surface area contributed by atoms with Crippen molar-refractivity contribution in [1.82, 2.24) is 4.98 Å². The van der Waals surface area contributed by atoms with Gasteiger partial charge in [-0.2, -0.15) is 0 Å². The maximum atomic E-state index is 11.1. The fourth-order valence-corrected chi connectivity index (χ4v) is 3.31. The normalized spacial score (nSPS) is 22.6. The SMILES string of the molecule is CCCc1cc(C(=O)O)cc(SC2CCOC2C)n1. The van der Waals surface area contributed by atoms with Crippen molar-refractivity contribution in [3.63, 3.8) is 0 Å². The molecule has 2 atom stereocenters. The molecule has 1 aromatic rings. The molecular formula is C14H19NO3S. The third kappa shape index (κ3) is 3.70. The molecular weight excluding hydrogens is 262 g/mol. The molecule has 0 spiro atoms. The molecule has 0 aliphatic carbocycles. The fourth-order valence-electron chi connectivity index (χ4n) is 2.15. The Balaban J connectivity index is 2.20. The summed E-state index contributed by atoms with van der Waals surface area (Å²) in [5.41, 5.74) is 1.18. The Labute approximate surface area is 117 Å². The second kappa shape index (κ2) is 6.39. The summed E-state index contributed by atoms with van der Waals surface area (Å²) in [6, 6.07) is 3.33. The molecule has 2 heterocycles. The number of aromatic carboxylic acids is 1. The van der Waals surface area contributed by atoms with Crippen LogP contribution in [-0.2, 0) is 11.2 Å². The Kier molecular flexibility index (Phi) is 4.82. The van der Waals surface area contributed by atoms with Gasteiger partial charge in [0, 0.05) is 17.6 Å². The summed E-state index contributed by atoms with van der Waals surface area (Å²) < 4.78 is 5.53. The zero-order chi connectivity index (χ0) is 13.8. The molecule has 5 heteroatoms. The predicted octanol–water partition coefficient (Wildman–Crippen LogP) is 3.00. The summed E-state index contributed by atoms with van der Waals surface area (Å²) >= 11 is 1.63. The fraction of sp³-hybridized carbons (Fsp3) is 0.571. The first-order valence-corrected chi connectivity index (χ1v) is 7.50. The van der Waals surface area contributed by atoms with E-state index in [2.05, 4.69) is 18.8 Å². The first kappa shape index (κ1) is 14.3. The lowest BCUT2D eigenvalue weighted by Gasteiger charge is -2.14. The summed E-state index contributed by atoms with van der Waals surface area (Å²) in [5, 5.41) is 10.3. The van der Waals surface area contributed by atoms with Crippen LogP contribution in [0.1, 0.15) is 42.7 Å². The number of carboxylic acids is 1. The number of aryl methyl sites for hydroxylation is 1. The second-order valence-corrected chi connectivity index (χ2v) is 6.02. The zero-order valence-electron chi connectivity index (χ0n) is 11.3. The molecule has 4 nitrogen and oxygen atoms in total. The van der Waals surface area contributed by atoms with Crippen LogP contribution >= 0.6 is 11.8 Å². The van der Waals surface area contributed by atoms with Gasteiger partial charge >= 0.3 is 5.97 Å². The number of thioether (sulfide) groups is 1. The van der Waals surface area contributed by atoms with E-state index in [1.807, 2.05) is 0 Å². The third-order valence-electron chi connectivity index (χ3n) is 3.19. The number of carbonyl (C=O) groups is 1. The lowest BCUT2D eigenvalue weighted by Crippen LogP contribution is -2.13. The van der Waals surface area contributed by atoms with E-state index >= 15 is 0 Å². The van der Waals surface area contributed by atoms with Crippen molar-refractivity contribution in [2.45, 2.75) is 49.5 Å². The van der Waals surface area contributed by atoms with Gasteiger partial charge in [0.1, 0.15) is 0 Å². The Morgan fingerprint density at radius 3 is 2.95 bits per heavy atom. The highest BCUT2D eigenvalue weighted by Gasteiger charge is 2.26. The monoisotopic (exact) mass is 281 g/mol. The van der Waals surface area contributed by atoms with E-state index in [0.717, 1.165) is 36.6 Å². The second-order valence-electron chi connectivity index (χ2n) is 4.76. The van der Waals surface area contributed by atoms with Crippen LogP contribution in [0.3, 0.4) is 0 Å². The molecule has 1 aliphatic heterocycles. The quantitative estimate of drug-likeness (QED) is 0.899. The minimum Gasteiger partial charge on any atom is -0.478 e. The molecule has 0 aromatic carbocycles. The van der Waals surface area contributed by atoms with Gasteiger partial charge in [0.2, 0.25) is 0 Å². The van der Waals surface area contributed by atoms with Crippen molar-refractivity contribution >= 4 is 17.7 Å². The third-order valence-corrected chi connectivity index (χ3v) is 4.56. The van der Waals surface area contributed by atoms with E-state index in [0.29, 0.717) is 10.8 Å². The molecule has 19 heavy (non-hydrogen) atoms. The molecule has 0 bridgehead atoms. The predicted molar refractivity (Wildman–Crippen MR) is 74.9 cm³/mol. The van der Waals surface area contributed by atoms with E-state index in [1.165, 1.54) is 0 Å². The highest BCUT2D eigenvalue weighted by molar-refractivity contribution is 7.99. The average molecular weight is 281 g/mol. The molecule has 1 N–H and O–H groups in total. The maximum Gasteiger partial charge on any atom is 0.335 e. The van der Waals surface area contributed by atoms with Gasteiger partial charge in [0.15, 0.2) is 0 Å². The molecule has 1 fully saturated rings. The number of hydrogen-bond donors (Lipinski definition) is 1. The minimum atomic E-state index is -0.891. The zero-order valence-corrected chi connectivity index (χ0v) is 12.1. The van der Waals surface area contributed by atoms with Crippen LogP contribution in [0.25, 0.3) is 0 Å². The van der Waals surface area contributed by atoms with E-state index in [4.69, 9.17) is 9.84 Å². The molecule has 1 aliphatic rings. The molecule has 0 saturated carbocycles. The van der Waals surface area contributed by atoms with Gasteiger partial charge < -0.3 is 9.84 Å². The topological polar surface area (TPSA) is 59.4 Å². The van der Waals surface area contributed by atoms with Crippen LogP contribution in [0.15, 0.2) is 17.2 Å². The van der Waals surface area contributed by atoms with Crippen LogP contribution in [0.5, 0.6) is 0 Å². The van der Waals surface area contributed by atoms with Crippen molar-refractivity contribution in [2.24, 2.45) is 0 Å². The van der Waals surface area contributed by atoms with Gasteiger partial charge in [-0.3, -0.25) is 0 Å². The summed E-state index contributed by atoms with van der Waals surface area (Å²) in [4.78, 5) is 15.7. The van der Waals surface area contributed by atoms with Crippen LogP contribution in [0.4, 0.5) is 0 Å². The number of carboxylic acid groups (broad SMARTS) is 1. The molecule has 0 radical (unpaired) electrons. The molecule has 0 amide bonds. The van der Waals surface area contributed by atoms with E-state index in [1.54, 1.807) is 23.9 Å². The lowest BCUT2D eigenvalue weighted by molar-refractivity contribution is 0.0696. The number of ether oxygens (including phenoxy) is 1. The van der Waals surface area contributed by atoms with Gasteiger partial charge in [0.25, 0.3) is 0 Å². The average Bonchev–Trinajstić information content (AvgIpc) is 2.75. The molecule has 1 aromatic heterocycles. The number of nitrogens with zero attached hydrogens (tertiary/aromatic N) is 1. The first-order valence-electron chi connectivity index (χ1n) is 6.62. The molecule has 1 saturated heterocycles. The number of pyridine rings is 1. The van der Waals surface area contributed by atoms with Gasteiger partial charge in [-0.15, -0.1) is 11.8 Å². The lowest BCUT2D eigenvalue weighted by atomic mass is 10.2. The van der Waals surface area contributed by atoms with Gasteiger partial charge in [-0.05, 0) is 31.9 Å². The number of aromatic nitrogens is 1. The Morgan fingerprint density at radius 1 is 1.58 bits per heavy atom.